The van der Waals surface area contributed by atoms with Gasteiger partial charge in [0.05, 0.1) is 5.69 Å². The Bertz CT molecular complexity index is 482. The number of benzene rings is 1. The molecule has 2 aromatic rings. The molecule has 1 aromatic carbocycles. The lowest BCUT2D eigenvalue weighted by Crippen LogP contribution is -2.27. The number of hydrogen-bond donors (Lipinski definition) is 1. The maximum Gasteiger partial charge on any atom is 0.0680 e. The van der Waals surface area contributed by atoms with Crippen molar-refractivity contribution < 1.29 is 0 Å². The van der Waals surface area contributed by atoms with E-state index in [1.165, 1.54) is 5.56 Å². The molecule has 1 aromatic heterocycles. The summed E-state index contributed by atoms with van der Waals surface area (Å²) in [5, 5.41) is 8.82. The van der Waals surface area contributed by atoms with Crippen molar-refractivity contribution in [2.24, 2.45) is 5.73 Å². The summed E-state index contributed by atoms with van der Waals surface area (Å²) in [5.41, 5.74) is 8.19. The Morgan fingerprint density at radius 1 is 1.22 bits per heavy atom. The highest BCUT2D eigenvalue weighted by Gasteiger charge is 2.18. The molecule has 0 spiro atoms. The van der Waals surface area contributed by atoms with E-state index >= 15 is 0 Å². The number of nitrogens with zero attached hydrogens (tertiary/aromatic N) is 2. The first-order valence-electron chi connectivity index (χ1n) is 5.94. The van der Waals surface area contributed by atoms with E-state index in [1.54, 1.807) is 6.20 Å². The lowest BCUT2D eigenvalue weighted by atomic mass is 9.90. The fraction of sp³-hybridized carbons (Fsp3) is 0.286. The normalized spacial score (nSPS) is 14.2. The van der Waals surface area contributed by atoms with Crippen LogP contribution in [0.25, 0.3) is 0 Å². The number of hydrogen-bond acceptors (Lipinski definition) is 3. The van der Waals surface area contributed by atoms with Gasteiger partial charge in [-0.25, -0.2) is 0 Å². The maximum absolute atomic E-state index is 6.05. The lowest BCUT2D eigenvalue weighted by Gasteiger charge is -2.19. The van der Waals surface area contributed by atoms with Crippen LogP contribution in [0.5, 0.6) is 0 Å². The smallest absolute Gasteiger partial charge is 0.0680 e. The molecule has 0 fully saturated rings. The molecule has 3 nitrogen and oxygen atoms in total. The van der Waals surface area contributed by atoms with Crippen LogP contribution in [-0.4, -0.2) is 16.2 Å². The van der Waals surface area contributed by atoms with Crippen molar-refractivity contribution in [3.8, 4) is 0 Å². The van der Waals surface area contributed by atoms with Gasteiger partial charge in [0.1, 0.15) is 0 Å². The van der Waals surface area contributed by atoms with Gasteiger partial charge in [-0.1, -0.05) is 23.7 Å². The van der Waals surface area contributed by atoms with Crippen molar-refractivity contribution in [1.82, 2.24) is 10.2 Å². The van der Waals surface area contributed by atoms with Crippen LogP contribution in [0.2, 0.25) is 5.02 Å². The molecule has 2 atom stereocenters. The van der Waals surface area contributed by atoms with E-state index in [4.69, 9.17) is 17.3 Å². The summed E-state index contributed by atoms with van der Waals surface area (Å²) in [7, 11) is 0. The minimum atomic E-state index is 0.0254. The minimum Gasteiger partial charge on any atom is -0.327 e. The zero-order valence-corrected chi connectivity index (χ0v) is 11.0. The van der Waals surface area contributed by atoms with Crippen molar-refractivity contribution in [2.75, 3.05) is 0 Å². The van der Waals surface area contributed by atoms with Gasteiger partial charge in [-0.05, 0) is 43.2 Å². The lowest BCUT2D eigenvalue weighted by molar-refractivity contribution is 0.545. The van der Waals surface area contributed by atoms with Crippen LogP contribution in [0.3, 0.4) is 0 Å². The van der Waals surface area contributed by atoms with Gasteiger partial charge in [-0.2, -0.15) is 10.2 Å². The Labute approximate surface area is 112 Å². The molecule has 2 N–H and O–H groups in total. The molecule has 0 aliphatic rings. The summed E-state index contributed by atoms with van der Waals surface area (Å²) in [6.45, 7) is 2.00. The predicted molar refractivity (Wildman–Crippen MR) is 73.6 cm³/mol. The van der Waals surface area contributed by atoms with Crippen molar-refractivity contribution in [3.63, 3.8) is 0 Å². The van der Waals surface area contributed by atoms with Crippen LogP contribution in [0, 0.1) is 0 Å². The summed E-state index contributed by atoms with van der Waals surface area (Å²) in [6.07, 6.45) is 2.51. The van der Waals surface area contributed by atoms with Crippen LogP contribution in [0.15, 0.2) is 42.6 Å². The van der Waals surface area contributed by atoms with Gasteiger partial charge in [-0.15, -0.1) is 0 Å². The van der Waals surface area contributed by atoms with E-state index in [-0.39, 0.29) is 12.0 Å². The van der Waals surface area contributed by atoms with Gasteiger partial charge in [0.25, 0.3) is 0 Å². The number of halogens is 1. The Hall–Kier alpha value is -1.45. The minimum absolute atomic E-state index is 0.0254. The molecule has 4 heteroatoms. The quantitative estimate of drug-likeness (QED) is 0.921. The Morgan fingerprint density at radius 3 is 2.50 bits per heavy atom. The molecule has 0 bridgehead atoms. The standard InChI is InChI=1S/C14H16ClN3/c1-10(16)13(14-3-2-8-17-18-14)9-11-4-6-12(15)7-5-11/h2-8,10,13H,9,16H2,1H3/t10-,13+/m0/s1. The van der Waals surface area contributed by atoms with Crippen LogP contribution in [0.4, 0.5) is 0 Å². The van der Waals surface area contributed by atoms with Crippen molar-refractivity contribution in [2.45, 2.75) is 25.3 Å². The highest BCUT2D eigenvalue weighted by molar-refractivity contribution is 6.30. The van der Waals surface area contributed by atoms with Gasteiger partial charge >= 0.3 is 0 Å². The van der Waals surface area contributed by atoms with Crippen molar-refractivity contribution >= 4 is 11.6 Å². The van der Waals surface area contributed by atoms with E-state index < -0.39 is 0 Å². The second-order valence-corrected chi connectivity index (χ2v) is 4.88. The zero-order chi connectivity index (χ0) is 13.0. The second kappa shape index (κ2) is 5.94. The number of nitrogens with two attached hydrogens (primary N) is 1. The maximum atomic E-state index is 6.05. The van der Waals surface area contributed by atoms with Gasteiger partial charge in [0, 0.05) is 23.2 Å². The molecule has 0 unspecified atom stereocenters. The largest absolute Gasteiger partial charge is 0.327 e. The highest BCUT2D eigenvalue weighted by Crippen LogP contribution is 2.22. The van der Waals surface area contributed by atoms with Crippen LogP contribution < -0.4 is 5.73 Å². The van der Waals surface area contributed by atoms with Crippen molar-refractivity contribution in [3.05, 3.63) is 58.9 Å². The number of aromatic nitrogens is 2. The molecule has 2 rings (SSSR count). The fourth-order valence-electron chi connectivity index (χ4n) is 1.95. The molecule has 94 valence electrons. The Morgan fingerprint density at radius 2 is 1.94 bits per heavy atom. The summed E-state index contributed by atoms with van der Waals surface area (Å²) in [5.74, 6) is 0.167. The average Bonchev–Trinajstić information content (AvgIpc) is 2.38. The first-order chi connectivity index (χ1) is 8.66. The Kier molecular flexibility index (Phi) is 4.28. The molecule has 0 aliphatic carbocycles. The molecule has 0 saturated carbocycles. The molecule has 0 saturated heterocycles. The monoisotopic (exact) mass is 261 g/mol. The van der Waals surface area contributed by atoms with Gasteiger partial charge in [-0.3, -0.25) is 0 Å². The molecule has 18 heavy (non-hydrogen) atoms. The zero-order valence-electron chi connectivity index (χ0n) is 10.3. The van der Waals surface area contributed by atoms with E-state index in [1.807, 2.05) is 43.3 Å². The van der Waals surface area contributed by atoms with Gasteiger partial charge in [0.2, 0.25) is 0 Å². The molecular formula is C14H16ClN3. The molecule has 0 amide bonds. The molecule has 1 heterocycles. The van der Waals surface area contributed by atoms with Crippen LogP contribution >= 0.6 is 11.6 Å². The molecular weight excluding hydrogens is 246 g/mol. The van der Waals surface area contributed by atoms with Gasteiger partial charge in [0.15, 0.2) is 0 Å². The third-order valence-electron chi connectivity index (χ3n) is 2.98. The summed E-state index contributed by atoms with van der Waals surface area (Å²) in [4.78, 5) is 0. The van der Waals surface area contributed by atoms with E-state index in [9.17, 15) is 0 Å². The second-order valence-electron chi connectivity index (χ2n) is 4.44. The number of rotatable bonds is 4. The Balaban J connectivity index is 2.19. The topological polar surface area (TPSA) is 51.8 Å². The SMILES string of the molecule is C[C@H](N)[C@@H](Cc1ccc(Cl)cc1)c1cccnn1. The summed E-state index contributed by atoms with van der Waals surface area (Å²) >= 11 is 5.88. The van der Waals surface area contributed by atoms with E-state index in [0.717, 1.165) is 17.1 Å². The average molecular weight is 262 g/mol. The first kappa shape index (κ1) is 13.0. The third kappa shape index (κ3) is 3.28. The van der Waals surface area contributed by atoms with Crippen LogP contribution in [0.1, 0.15) is 24.1 Å². The fourth-order valence-corrected chi connectivity index (χ4v) is 2.07. The van der Waals surface area contributed by atoms with Crippen LogP contribution in [-0.2, 0) is 6.42 Å². The van der Waals surface area contributed by atoms with Crippen molar-refractivity contribution in [1.29, 1.82) is 0 Å². The van der Waals surface area contributed by atoms with E-state index in [2.05, 4.69) is 10.2 Å². The third-order valence-corrected chi connectivity index (χ3v) is 3.23. The molecule has 0 radical (unpaired) electrons. The van der Waals surface area contributed by atoms with E-state index in [0.29, 0.717) is 0 Å². The first-order valence-corrected chi connectivity index (χ1v) is 6.32. The summed E-state index contributed by atoms with van der Waals surface area (Å²) < 4.78 is 0. The molecule has 0 aliphatic heterocycles. The predicted octanol–water partition coefficient (Wildman–Crippen LogP) is 2.80. The van der Waals surface area contributed by atoms with Gasteiger partial charge < -0.3 is 5.73 Å². The summed E-state index contributed by atoms with van der Waals surface area (Å²) in [6, 6.07) is 11.7. The highest BCUT2D eigenvalue weighted by atomic mass is 35.5.